The van der Waals surface area contributed by atoms with Crippen molar-refractivity contribution in [2.45, 2.75) is 64.6 Å². The van der Waals surface area contributed by atoms with Crippen molar-refractivity contribution < 1.29 is 0 Å². The Morgan fingerprint density at radius 1 is 1.05 bits per heavy atom. The minimum atomic E-state index is -1.38. The van der Waals surface area contributed by atoms with Crippen molar-refractivity contribution in [3.63, 3.8) is 0 Å². The van der Waals surface area contributed by atoms with E-state index in [4.69, 9.17) is 0 Å². The van der Waals surface area contributed by atoms with Gasteiger partial charge in [0.05, 0.1) is 8.07 Å². The first-order valence-corrected chi connectivity index (χ1v) is 10.9. The molecule has 0 N–H and O–H groups in total. The largest absolute Gasteiger partial charge is 0.0917 e. The summed E-state index contributed by atoms with van der Waals surface area (Å²) in [6.45, 7) is 9.49. The first-order valence-electron chi connectivity index (χ1n) is 7.81. The van der Waals surface area contributed by atoms with Crippen molar-refractivity contribution in [1.82, 2.24) is 0 Å². The van der Waals surface area contributed by atoms with E-state index in [1.807, 2.05) is 0 Å². The molecule has 0 saturated carbocycles. The maximum absolute atomic E-state index is 2.52. The molecule has 0 spiro atoms. The molecule has 0 fully saturated rings. The summed E-state index contributed by atoms with van der Waals surface area (Å²) in [5, 5.41) is 1.59. The Morgan fingerprint density at radius 3 is 2.32 bits per heavy atom. The second-order valence-electron chi connectivity index (χ2n) is 6.07. The third kappa shape index (κ3) is 4.98. The first kappa shape index (κ1) is 16.2. The van der Waals surface area contributed by atoms with Crippen molar-refractivity contribution in [3.8, 4) is 0 Å². The molecular weight excluding hydrogens is 244 g/mol. The maximum atomic E-state index is 2.52. The standard InChI is InChI=1S/C18H30Si/c1-5-7-8-10-14-17(13-6-2)19(3,4)18-15-11-9-12-16-18/h6,9,11-13,15-17H,5,7-8,10,14H2,1-4H3/b13-6+/t17-/m0/s1. The van der Waals surface area contributed by atoms with Crippen LogP contribution in [0.5, 0.6) is 0 Å². The van der Waals surface area contributed by atoms with Gasteiger partial charge in [-0.25, -0.2) is 0 Å². The fourth-order valence-electron chi connectivity index (χ4n) is 2.80. The van der Waals surface area contributed by atoms with E-state index in [0.717, 1.165) is 5.54 Å². The van der Waals surface area contributed by atoms with Crippen LogP contribution >= 0.6 is 0 Å². The van der Waals surface area contributed by atoms with Crippen molar-refractivity contribution in [3.05, 3.63) is 42.5 Å². The lowest BCUT2D eigenvalue weighted by atomic mass is 10.1. The Hall–Kier alpha value is -0.823. The van der Waals surface area contributed by atoms with Gasteiger partial charge in [0.2, 0.25) is 0 Å². The van der Waals surface area contributed by atoms with E-state index in [1.165, 1.54) is 32.1 Å². The van der Waals surface area contributed by atoms with Gasteiger partial charge in [0.1, 0.15) is 0 Å². The molecule has 0 saturated heterocycles. The zero-order valence-corrected chi connectivity index (χ0v) is 14.2. The minimum absolute atomic E-state index is 0.775. The monoisotopic (exact) mass is 274 g/mol. The van der Waals surface area contributed by atoms with Crippen LogP contribution in [0.3, 0.4) is 0 Å². The number of allylic oxidation sites excluding steroid dienone is 2. The van der Waals surface area contributed by atoms with Crippen LogP contribution in [0.1, 0.15) is 46.0 Å². The molecule has 1 aromatic rings. The Labute approximate surface area is 121 Å². The van der Waals surface area contributed by atoms with E-state index in [9.17, 15) is 0 Å². The molecule has 106 valence electrons. The van der Waals surface area contributed by atoms with Crippen LogP contribution in [0.25, 0.3) is 0 Å². The fourth-order valence-corrected chi connectivity index (χ4v) is 5.88. The molecule has 0 radical (unpaired) electrons. The molecule has 0 aliphatic rings. The Morgan fingerprint density at radius 2 is 1.74 bits per heavy atom. The number of benzene rings is 1. The van der Waals surface area contributed by atoms with Crippen molar-refractivity contribution in [2.24, 2.45) is 0 Å². The highest BCUT2D eigenvalue weighted by Crippen LogP contribution is 2.29. The van der Waals surface area contributed by atoms with Crippen LogP contribution in [0.2, 0.25) is 18.6 Å². The molecule has 0 aliphatic heterocycles. The lowest BCUT2D eigenvalue weighted by Crippen LogP contribution is -2.45. The summed E-state index contributed by atoms with van der Waals surface area (Å²) in [5.41, 5.74) is 0.775. The molecule has 0 aliphatic carbocycles. The smallest absolute Gasteiger partial charge is 0.0873 e. The molecular formula is C18H30Si. The van der Waals surface area contributed by atoms with Gasteiger partial charge < -0.3 is 0 Å². The van der Waals surface area contributed by atoms with E-state index in [-0.39, 0.29) is 0 Å². The van der Waals surface area contributed by atoms with Crippen LogP contribution in [0, 0.1) is 0 Å². The highest BCUT2D eigenvalue weighted by atomic mass is 28.3. The highest BCUT2D eigenvalue weighted by Gasteiger charge is 2.31. The Balaban J connectivity index is 2.74. The molecule has 0 bridgehead atoms. The number of hydrogen-bond donors (Lipinski definition) is 0. The van der Waals surface area contributed by atoms with E-state index in [2.05, 4.69) is 69.4 Å². The second-order valence-corrected chi connectivity index (χ2v) is 10.8. The van der Waals surface area contributed by atoms with E-state index in [1.54, 1.807) is 5.19 Å². The zero-order valence-electron chi connectivity index (χ0n) is 13.2. The first-order chi connectivity index (χ1) is 9.12. The summed E-state index contributed by atoms with van der Waals surface area (Å²) < 4.78 is 0. The number of rotatable bonds is 8. The van der Waals surface area contributed by atoms with Gasteiger partial charge in [-0.05, 0) is 18.9 Å². The van der Waals surface area contributed by atoms with Gasteiger partial charge in [-0.3, -0.25) is 0 Å². The van der Waals surface area contributed by atoms with Crippen LogP contribution in [0.4, 0.5) is 0 Å². The van der Waals surface area contributed by atoms with Crippen molar-refractivity contribution >= 4 is 13.3 Å². The molecule has 1 atom stereocenters. The van der Waals surface area contributed by atoms with Crippen molar-refractivity contribution in [2.75, 3.05) is 0 Å². The summed E-state index contributed by atoms with van der Waals surface area (Å²) >= 11 is 0. The molecule has 0 amide bonds. The molecule has 0 aromatic heterocycles. The molecule has 0 heterocycles. The Kier molecular flexibility index (Phi) is 7.15. The average Bonchev–Trinajstić information content (AvgIpc) is 2.43. The van der Waals surface area contributed by atoms with Gasteiger partial charge in [0.15, 0.2) is 0 Å². The van der Waals surface area contributed by atoms with Gasteiger partial charge in [0.25, 0.3) is 0 Å². The summed E-state index contributed by atoms with van der Waals surface area (Å²) in [5.74, 6) is 0. The van der Waals surface area contributed by atoms with Crippen LogP contribution in [-0.4, -0.2) is 8.07 Å². The predicted molar refractivity (Wildman–Crippen MR) is 90.9 cm³/mol. The highest BCUT2D eigenvalue weighted by molar-refractivity contribution is 6.91. The molecule has 1 rings (SSSR count). The van der Waals surface area contributed by atoms with Gasteiger partial charge >= 0.3 is 0 Å². The van der Waals surface area contributed by atoms with E-state index >= 15 is 0 Å². The number of unbranched alkanes of at least 4 members (excludes halogenated alkanes) is 3. The van der Waals surface area contributed by atoms with Crippen molar-refractivity contribution in [1.29, 1.82) is 0 Å². The Bertz CT molecular complexity index is 365. The van der Waals surface area contributed by atoms with Gasteiger partial charge in [-0.1, -0.05) is 93.4 Å². The van der Waals surface area contributed by atoms with E-state index < -0.39 is 8.07 Å². The number of hydrogen-bond acceptors (Lipinski definition) is 0. The SMILES string of the molecule is C/C=C/[C@@H](CCCCCC)[Si](C)(C)c1ccccc1. The fraction of sp³-hybridized carbons (Fsp3) is 0.556. The average molecular weight is 275 g/mol. The zero-order chi connectivity index (χ0) is 14.1. The van der Waals surface area contributed by atoms with Crippen LogP contribution in [0.15, 0.2) is 42.5 Å². The lowest BCUT2D eigenvalue weighted by Gasteiger charge is -2.31. The molecule has 0 unspecified atom stereocenters. The van der Waals surface area contributed by atoms with E-state index in [0.29, 0.717) is 0 Å². The maximum Gasteiger partial charge on any atom is 0.0873 e. The van der Waals surface area contributed by atoms with Gasteiger partial charge in [0, 0.05) is 0 Å². The minimum Gasteiger partial charge on any atom is -0.0917 e. The molecule has 19 heavy (non-hydrogen) atoms. The van der Waals surface area contributed by atoms with Crippen LogP contribution in [-0.2, 0) is 0 Å². The molecule has 0 nitrogen and oxygen atoms in total. The molecule has 1 aromatic carbocycles. The summed E-state index contributed by atoms with van der Waals surface area (Å²) in [6, 6.07) is 11.2. The summed E-state index contributed by atoms with van der Waals surface area (Å²) in [4.78, 5) is 0. The third-order valence-electron chi connectivity index (χ3n) is 4.24. The lowest BCUT2D eigenvalue weighted by molar-refractivity contribution is 0.632. The predicted octanol–water partition coefficient (Wildman–Crippen LogP) is 5.52. The van der Waals surface area contributed by atoms with Crippen LogP contribution < -0.4 is 5.19 Å². The summed E-state index contributed by atoms with van der Waals surface area (Å²) in [6.07, 6.45) is 11.6. The van der Waals surface area contributed by atoms with Gasteiger partial charge in [-0.2, -0.15) is 0 Å². The quantitative estimate of drug-likeness (QED) is 0.333. The third-order valence-corrected chi connectivity index (χ3v) is 8.39. The van der Waals surface area contributed by atoms with Gasteiger partial charge in [-0.15, -0.1) is 0 Å². The normalized spacial score (nSPS) is 13.9. The molecule has 1 heteroatoms. The second kappa shape index (κ2) is 8.37. The summed E-state index contributed by atoms with van der Waals surface area (Å²) in [7, 11) is -1.38. The topological polar surface area (TPSA) is 0 Å².